The number of aliphatic hydroxyl groups is 1. The third-order valence-corrected chi connectivity index (χ3v) is 5.13. The summed E-state index contributed by atoms with van der Waals surface area (Å²) in [6.45, 7) is 1.84. The number of aromatic carboxylic acids is 1. The van der Waals surface area contributed by atoms with Crippen molar-refractivity contribution in [2.24, 2.45) is 7.05 Å². The lowest BCUT2D eigenvalue weighted by Gasteiger charge is -2.20. The molecule has 1 aromatic heterocycles. The first-order chi connectivity index (χ1) is 12.4. The van der Waals surface area contributed by atoms with Gasteiger partial charge in [-0.3, -0.25) is 0 Å². The Hall–Kier alpha value is -2.57. The van der Waals surface area contributed by atoms with Crippen LogP contribution in [0.25, 0.3) is 11.0 Å². The summed E-state index contributed by atoms with van der Waals surface area (Å²) < 4.78 is 7.95. The SMILES string of the molecule is Cc1nc2c(O[C@@H]3c4ccc(Cl)cc4C[C@H]3O)c(C(=O)O)ccc2n1C. The van der Waals surface area contributed by atoms with E-state index < -0.39 is 18.2 Å². The molecule has 7 heteroatoms. The van der Waals surface area contributed by atoms with Crippen molar-refractivity contribution in [3.63, 3.8) is 0 Å². The van der Waals surface area contributed by atoms with Gasteiger partial charge in [-0.2, -0.15) is 0 Å². The quantitative estimate of drug-likeness (QED) is 0.737. The second-order valence-corrected chi connectivity index (χ2v) is 6.92. The molecule has 3 aromatic rings. The standard InChI is InChI=1S/C19H17ClN2O4/c1-9-21-16-14(22(9)2)6-5-13(19(24)25)18(16)26-17-12-4-3-11(20)7-10(12)8-15(17)23/h3-7,15,17,23H,8H2,1-2H3,(H,24,25)/t15-,17-/m1/s1. The molecule has 26 heavy (non-hydrogen) atoms. The molecule has 0 radical (unpaired) electrons. The Morgan fingerprint density at radius 2 is 2.12 bits per heavy atom. The van der Waals surface area contributed by atoms with E-state index in [4.69, 9.17) is 16.3 Å². The van der Waals surface area contributed by atoms with E-state index in [1.807, 2.05) is 24.6 Å². The number of benzene rings is 2. The van der Waals surface area contributed by atoms with Crippen molar-refractivity contribution in [1.29, 1.82) is 0 Å². The van der Waals surface area contributed by atoms with Crippen LogP contribution in [0.1, 0.15) is 33.4 Å². The zero-order valence-corrected chi connectivity index (χ0v) is 15.0. The zero-order chi connectivity index (χ0) is 18.6. The van der Waals surface area contributed by atoms with Crippen LogP contribution in [0, 0.1) is 6.92 Å². The summed E-state index contributed by atoms with van der Waals surface area (Å²) in [4.78, 5) is 16.2. The minimum Gasteiger partial charge on any atom is -0.480 e. The van der Waals surface area contributed by atoms with Crippen molar-refractivity contribution in [1.82, 2.24) is 9.55 Å². The molecule has 1 aliphatic rings. The van der Waals surface area contributed by atoms with Gasteiger partial charge in [0.25, 0.3) is 0 Å². The van der Waals surface area contributed by atoms with Crippen LogP contribution in [0.5, 0.6) is 5.75 Å². The maximum Gasteiger partial charge on any atom is 0.339 e. The van der Waals surface area contributed by atoms with Crippen molar-refractivity contribution >= 4 is 28.6 Å². The maximum atomic E-state index is 11.7. The Morgan fingerprint density at radius 1 is 1.35 bits per heavy atom. The van der Waals surface area contributed by atoms with E-state index in [1.165, 1.54) is 6.07 Å². The number of nitrogens with zero attached hydrogens (tertiary/aromatic N) is 2. The van der Waals surface area contributed by atoms with Gasteiger partial charge in [0.05, 0.1) is 11.6 Å². The summed E-state index contributed by atoms with van der Waals surface area (Å²) in [6.07, 6.45) is -1.06. The van der Waals surface area contributed by atoms with Gasteiger partial charge >= 0.3 is 5.97 Å². The van der Waals surface area contributed by atoms with Crippen molar-refractivity contribution in [3.8, 4) is 5.75 Å². The van der Waals surface area contributed by atoms with Gasteiger partial charge in [-0.05, 0) is 42.3 Å². The fourth-order valence-corrected chi connectivity index (χ4v) is 3.67. The monoisotopic (exact) mass is 372 g/mol. The van der Waals surface area contributed by atoms with Crippen LogP contribution in [0.4, 0.5) is 0 Å². The molecule has 6 nitrogen and oxygen atoms in total. The highest BCUT2D eigenvalue weighted by atomic mass is 35.5. The number of carboxylic acids is 1. The predicted molar refractivity (Wildman–Crippen MR) is 96.9 cm³/mol. The number of carboxylic acid groups (broad SMARTS) is 1. The predicted octanol–water partition coefficient (Wildman–Crippen LogP) is 3.27. The molecule has 134 valence electrons. The Morgan fingerprint density at radius 3 is 2.85 bits per heavy atom. The third-order valence-electron chi connectivity index (χ3n) is 4.90. The molecule has 0 bridgehead atoms. The number of carbonyl (C=O) groups is 1. The van der Waals surface area contributed by atoms with Crippen LogP contribution in [0.2, 0.25) is 5.02 Å². The number of imidazole rings is 1. The molecule has 0 saturated carbocycles. The molecule has 0 spiro atoms. The Bertz CT molecular complexity index is 1040. The fraction of sp³-hybridized carbons (Fsp3) is 0.263. The Balaban J connectivity index is 1.86. The minimum absolute atomic E-state index is 0.0187. The molecule has 0 aliphatic heterocycles. The van der Waals surface area contributed by atoms with Crippen LogP contribution in [0.15, 0.2) is 30.3 Å². The van der Waals surface area contributed by atoms with Crippen molar-refractivity contribution < 1.29 is 19.7 Å². The molecule has 0 amide bonds. The van der Waals surface area contributed by atoms with E-state index in [2.05, 4.69) is 4.98 Å². The van der Waals surface area contributed by atoms with Crippen LogP contribution < -0.4 is 4.74 Å². The number of aryl methyl sites for hydroxylation is 2. The molecule has 0 unspecified atom stereocenters. The van der Waals surface area contributed by atoms with Gasteiger partial charge < -0.3 is 19.5 Å². The van der Waals surface area contributed by atoms with E-state index in [0.29, 0.717) is 17.0 Å². The summed E-state index contributed by atoms with van der Waals surface area (Å²) in [5.74, 6) is -0.189. The summed E-state index contributed by atoms with van der Waals surface area (Å²) in [5.41, 5.74) is 2.97. The number of hydrogen-bond acceptors (Lipinski definition) is 4. The molecular formula is C19H17ClN2O4. The minimum atomic E-state index is -1.10. The van der Waals surface area contributed by atoms with Gasteiger partial charge in [0.1, 0.15) is 16.9 Å². The molecular weight excluding hydrogens is 356 g/mol. The highest BCUT2D eigenvalue weighted by molar-refractivity contribution is 6.30. The first kappa shape index (κ1) is 16.9. The lowest BCUT2D eigenvalue weighted by atomic mass is 10.1. The lowest BCUT2D eigenvalue weighted by Crippen LogP contribution is -2.20. The van der Waals surface area contributed by atoms with Crippen molar-refractivity contribution in [2.75, 3.05) is 0 Å². The molecule has 2 N–H and O–H groups in total. The summed E-state index contributed by atoms with van der Waals surface area (Å²) >= 11 is 6.03. The van der Waals surface area contributed by atoms with Gasteiger partial charge in [0.2, 0.25) is 0 Å². The smallest absolute Gasteiger partial charge is 0.339 e. The van der Waals surface area contributed by atoms with E-state index in [-0.39, 0.29) is 11.3 Å². The molecule has 4 rings (SSSR count). The number of rotatable bonds is 3. The molecule has 2 aromatic carbocycles. The fourth-order valence-electron chi connectivity index (χ4n) is 3.48. The van der Waals surface area contributed by atoms with E-state index >= 15 is 0 Å². The molecule has 0 saturated heterocycles. The van der Waals surface area contributed by atoms with E-state index in [1.54, 1.807) is 18.2 Å². The molecule has 1 heterocycles. The van der Waals surface area contributed by atoms with Gasteiger partial charge in [0.15, 0.2) is 11.9 Å². The molecule has 2 atom stereocenters. The maximum absolute atomic E-state index is 11.7. The van der Waals surface area contributed by atoms with Crippen molar-refractivity contribution in [3.05, 3.63) is 57.9 Å². The van der Waals surface area contributed by atoms with Crippen LogP contribution in [-0.2, 0) is 13.5 Å². The largest absolute Gasteiger partial charge is 0.480 e. The normalized spacial score (nSPS) is 18.9. The van der Waals surface area contributed by atoms with Gasteiger partial charge in [0, 0.05) is 18.5 Å². The number of aliphatic hydroxyl groups excluding tert-OH is 1. The number of hydrogen-bond donors (Lipinski definition) is 2. The van der Waals surface area contributed by atoms with E-state index in [0.717, 1.165) is 22.5 Å². The summed E-state index contributed by atoms with van der Waals surface area (Å²) in [6, 6.07) is 8.56. The first-order valence-electron chi connectivity index (χ1n) is 8.19. The highest BCUT2D eigenvalue weighted by Gasteiger charge is 2.34. The average Bonchev–Trinajstić information content (AvgIpc) is 3.04. The number of ether oxygens (including phenoxy) is 1. The number of aromatic nitrogens is 2. The third kappa shape index (κ3) is 2.53. The Labute approximate surface area is 154 Å². The van der Waals surface area contributed by atoms with Gasteiger partial charge in [-0.1, -0.05) is 17.7 Å². The zero-order valence-electron chi connectivity index (χ0n) is 14.2. The summed E-state index contributed by atoms with van der Waals surface area (Å²) in [5, 5.41) is 20.6. The highest BCUT2D eigenvalue weighted by Crippen LogP contribution is 2.40. The van der Waals surface area contributed by atoms with E-state index in [9.17, 15) is 15.0 Å². The molecule has 1 aliphatic carbocycles. The number of fused-ring (bicyclic) bond motifs is 2. The van der Waals surface area contributed by atoms with Crippen LogP contribution >= 0.6 is 11.6 Å². The first-order valence-corrected chi connectivity index (χ1v) is 8.57. The summed E-state index contributed by atoms with van der Waals surface area (Å²) in [7, 11) is 1.86. The number of halogens is 1. The topological polar surface area (TPSA) is 84.6 Å². The second-order valence-electron chi connectivity index (χ2n) is 6.49. The Kier molecular flexibility index (Phi) is 3.89. The van der Waals surface area contributed by atoms with Gasteiger partial charge in [-0.25, -0.2) is 9.78 Å². The lowest BCUT2D eigenvalue weighted by molar-refractivity contribution is 0.0477. The van der Waals surface area contributed by atoms with Crippen molar-refractivity contribution in [2.45, 2.75) is 25.6 Å². The van der Waals surface area contributed by atoms with Crippen LogP contribution in [-0.4, -0.2) is 31.8 Å². The second kappa shape index (κ2) is 6.00. The van der Waals surface area contributed by atoms with Crippen LogP contribution in [0.3, 0.4) is 0 Å². The van der Waals surface area contributed by atoms with Gasteiger partial charge in [-0.15, -0.1) is 0 Å². The average molecular weight is 373 g/mol. The molecule has 0 fully saturated rings.